The number of thioether (sulfide) groups is 1. The molecule has 0 saturated heterocycles. The van der Waals surface area contributed by atoms with Gasteiger partial charge in [0.1, 0.15) is 0 Å². The van der Waals surface area contributed by atoms with Gasteiger partial charge in [-0.25, -0.2) is 0 Å². The molecule has 18 heavy (non-hydrogen) atoms. The lowest BCUT2D eigenvalue weighted by Crippen LogP contribution is -2.34. The molecule has 4 N–H and O–H groups in total. The van der Waals surface area contributed by atoms with Crippen LogP contribution in [0.2, 0.25) is 0 Å². The van der Waals surface area contributed by atoms with E-state index in [2.05, 4.69) is 17.4 Å². The highest BCUT2D eigenvalue weighted by Crippen LogP contribution is 2.05. The third-order valence-electron chi connectivity index (χ3n) is 2.48. The zero-order valence-corrected chi connectivity index (χ0v) is 11.3. The summed E-state index contributed by atoms with van der Waals surface area (Å²) in [6.45, 7) is 1.99. The third-order valence-corrected chi connectivity index (χ3v) is 3.19. The Morgan fingerprint density at radius 3 is 2.72 bits per heavy atom. The van der Waals surface area contributed by atoms with Gasteiger partial charge in [0.25, 0.3) is 0 Å². The Morgan fingerprint density at radius 2 is 2.11 bits per heavy atom. The summed E-state index contributed by atoms with van der Waals surface area (Å²) in [7, 11) is 0. The van der Waals surface area contributed by atoms with Gasteiger partial charge in [0.05, 0.1) is 5.75 Å². The molecule has 0 radical (unpaired) electrons. The average Bonchev–Trinajstić information content (AvgIpc) is 2.35. The van der Waals surface area contributed by atoms with Crippen molar-refractivity contribution in [3.05, 3.63) is 35.9 Å². The van der Waals surface area contributed by atoms with Crippen molar-refractivity contribution < 1.29 is 4.79 Å². The van der Waals surface area contributed by atoms with Crippen molar-refractivity contribution in [1.29, 1.82) is 5.41 Å². The quantitative estimate of drug-likeness (QED) is 0.541. The van der Waals surface area contributed by atoms with Crippen molar-refractivity contribution in [2.75, 3.05) is 5.75 Å². The molecule has 5 heteroatoms. The Bertz CT molecular complexity index is 394. The smallest absolute Gasteiger partial charge is 0.230 e. The fraction of sp³-hybridized carbons (Fsp3) is 0.385. The van der Waals surface area contributed by atoms with E-state index in [1.807, 2.05) is 25.1 Å². The van der Waals surface area contributed by atoms with Crippen LogP contribution in [0.25, 0.3) is 0 Å². The van der Waals surface area contributed by atoms with Gasteiger partial charge in [-0.3, -0.25) is 10.2 Å². The number of hydrogen-bond acceptors (Lipinski definition) is 3. The number of benzene rings is 1. The molecule has 1 aromatic carbocycles. The molecule has 1 atom stereocenters. The number of amides is 1. The van der Waals surface area contributed by atoms with E-state index in [0.717, 1.165) is 24.6 Å². The van der Waals surface area contributed by atoms with Crippen LogP contribution in [-0.4, -0.2) is 22.9 Å². The number of hydrogen-bond donors (Lipinski definition) is 3. The molecule has 0 saturated carbocycles. The van der Waals surface area contributed by atoms with Gasteiger partial charge in [-0.15, -0.1) is 0 Å². The Balaban J connectivity index is 2.23. The summed E-state index contributed by atoms with van der Waals surface area (Å²) in [4.78, 5) is 11.5. The molecule has 0 aliphatic heterocycles. The fourth-order valence-electron chi connectivity index (χ4n) is 1.56. The average molecular weight is 265 g/mol. The largest absolute Gasteiger partial charge is 0.379 e. The molecule has 4 nitrogen and oxygen atoms in total. The summed E-state index contributed by atoms with van der Waals surface area (Å²) >= 11 is 1.04. The SMILES string of the molecule is C[C@@H](CCc1ccccc1)NC(=O)CSC(=N)N. The minimum Gasteiger partial charge on any atom is -0.379 e. The molecule has 0 fully saturated rings. The second kappa shape index (κ2) is 7.76. The Labute approximate surface area is 112 Å². The highest BCUT2D eigenvalue weighted by molar-refractivity contribution is 8.14. The van der Waals surface area contributed by atoms with E-state index in [4.69, 9.17) is 11.1 Å². The predicted molar refractivity (Wildman–Crippen MR) is 76.7 cm³/mol. The standard InChI is InChI=1S/C13H19N3OS/c1-10(16-12(17)9-18-13(14)15)7-8-11-5-3-2-4-6-11/h2-6,10H,7-9H2,1H3,(H3,14,15)(H,16,17)/t10-/m0/s1. The second-order valence-electron chi connectivity index (χ2n) is 4.15. The van der Waals surface area contributed by atoms with Gasteiger partial charge in [-0.1, -0.05) is 42.1 Å². The maximum atomic E-state index is 11.5. The molecule has 0 heterocycles. The first-order valence-corrected chi connectivity index (χ1v) is 6.86. The lowest BCUT2D eigenvalue weighted by atomic mass is 10.1. The number of rotatable bonds is 6. The predicted octanol–water partition coefficient (Wildman–Crippen LogP) is 1.75. The van der Waals surface area contributed by atoms with Crippen LogP contribution >= 0.6 is 11.8 Å². The Hall–Kier alpha value is -1.49. The van der Waals surface area contributed by atoms with Crippen LogP contribution in [0.4, 0.5) is 0 Å². The monoisotopic (exact) mass is 265 g/mol. The van der Waals surface area contributed by atoms with Gasteiger partial charge < -0.3 is 11.1 Å². The molecular formula is C13H19N3OS. The molecule has 1 aromatic rings. The Kier molecular flexibility index (Phi) is 6.28. The van der Waals surface area contributed by atoms with Gasteiger partial charge in [-0.2, -0.15) is 0 Å². The van der Waals surface area contributed by atoms with Gasteiger partial charge in [0.15, 0.2) is 5.17 Å². The minimum atomic E-state index is -0.0734. The normalized spacial score (nSPS) is 11.8. The number of carbonyl (C=O) groups excluding carboxylic acids is 1. The van der Waals surface area contributed by atoms with Crippen molar-refractivity contribution >= 4 is 22.8 Å². The molecule has 0 aromatic heterocycles. The number of nitrogens with one attached hydrogen (secondary N) is 2. The van der Waals surface area contributed by atoms with Crippen LogP contribution in [0.3, 0.4) is 0 Å². The summed E-state index contributed by atoms with van der Waals surface area (Å²) in [5.74, 6) is 0.140. The lowest BCUT2D eigenvalue weighted by molar-refractivity contribution is -0.119. The molecular weight excluding hydrogens is 246 g/mol. The van der Waals surface area contributed by atoms with E-state index < -0.39 is 0 Å². The van der Waals surface area contributed by atoms with Gasteiger partial charge in [-0.05, 0) is 25.3 Å². The van der Waals surface area contributed by atoms with Crippen LogP contribution < -0.4 is 11.1 Å². The van der Waals surface area contributed by atoms with Crippen LogP contribution in [0.5, 0.6) is 0 Å². The van der Waals surface area contributed by atoms with Crippen molar-refractivity contribution in [2.45, 2.75) is 25.8 Å². The first kappa shape index (κ1) is 14.6. The van der Waals surface area contributed by atoms with Gasteiger partial charge >= 0.3 is 0 Å². The van der Waals surface area contributed by atoms with Crippen molar-refractivity contribution in [3.8, 4) is 0 Å². The highest BCUT2D eigenvalue weighted by Gasteiger charge is 2.08. The van der Waals surface area contributed by atoms with E-state index in [0.29, 0.717) is 0 Å². The van der Waals surface area contributed by atoms with Gasteiger partial charge in [0.2, 0.25) is 5.91 Å². The van der Waals surface area contributed by atoms with Crippen molar-refractivity contribution in [2.24, 2.45) is 5.73 Å². The summed E-state index contributed by atoms with van der Waals surface area (Å²) < 4.78 is 0. The maximum absolute atomic E-state index is 11.5. The summed E-state index contributed by atoms with van der Waals surface area (Å²) in [6.07, 6.45) is 1.85. The summed E-state index contributed by atoms with van der Waals surface area (Å²) in [5.41, 5.74) is 6.45. The van der Waals surface area contributed by atoms with Gasteiger partial charge in [0, 0.05) is 6.04 Å². The van der Waals surface area contributed by atoms with E-state index in [9.17, 15) is 4.79 Å². The van der Waals surface area contributed by atoms with Crippen LogP contribution in [0, 0.1) is 5.41 Å². The molecule has 98 valence electrons. The van der Waals surface area contributed by atoms with Crippen LogP contribution in [-0.2, 0) is 11.2 Å². The lowest BCUT2D eigenvalue weighted by Gasteiger charge is -2.13. The molecule has 0 aliphatic carbocycles. The summed E-state index contributed by atoms with van der Waals surface area (Å²) in [6, 6.07) is 10.3. The minimum absolute atomic E-state index is 0.0258. The fourth-order valence-corrected chi connectivity index (χ4v) is 1.93. The van der Waals surface area contributed by atoms with Crippen molar-refractivity contribution in [3.63, 3.8) is 0 Å². The van der Waals surface area contributed by atoms with E-state index in [1.165, 1.54) is 5.56 Å². The molecule has 1 rings (SSSR count). The number of carbonyl (C=O) groups is 1. The van der Waals surface area contributed by atoms with E-state index in [-0.39, 0.29) is 22.9 Å². The van der Waals surface area contributed by atoms with Crippen molar-refractivity contribution in [1.82, 2.24) is 5.32 Å². The highest BCUT2D eigenvalue weighted by atomic mass is 32.2. The summed E-state index contributed by atoms with van der Waals surface area (Å²) in [5, 5.41) is 9.89. The van der Waals surface area contributed by atoms with Crippen LogP contribution in [0.1, 0.15) is 18.9 Å². The molecule has 0 spiro atoms. The number of amidine groups is 1. The van der Waals surface area contributed by atoms with Crippen LogP contribution in [0.15, 0.2) is 30.3 Å². The third kappa shape index (κ3) is 6.30. The first-order valence-electron chi connectivity index (χ1n) is 5.88. The molecule has 0 unspecified atom stereocenters. The van der Waals surface area contributed by atoms with E-state index >= 15 is 0 Å². The molecule has 0 bridgehead atoms. The Morgan fingerprint density at radius 1 is 1.44 bits per heavy atom. The van der Waals surface area contributed by atoms with E-state index in [1.54, 1.807) is 0 Å². The topological polar surface area (TPSA) is 79.0 Å². The first-order chi connectivity index (χ1) is 8.58. The number of nitrogens with two attached hydrogens (primary N) is 1. The second-order valence-corrected chi connectivity index (χ2v) is 5.16. The molecule has 1 amide bonds. The maximum Gasteiger partial charge on any atom is 0.230 e. The number of aryl methyl sites for hydroxylation is 1. The zero-order valence-electron chi connectivity index (χ0n) is 10.5. The molecule has 0 aliphatic rings. The zero-order chi connectivity index (χ0) is 13.4.